The molecule has 1 amide bonds. The SMILES string of the molecule is Cc1ccc(NC(=O)c2ccc(Cl)c(Br)c2)c(Br)c1. The molecule has 98 valence electrons. The molecule has 0 aliphatic rings. The molecule has 0 radical (unpaired) electrons. The quantitative estimate of drug-likeness (QED) is 0.712. The molecule has 5 heteroatoms. The summed E-state index contributed by atoms with van der Waals surface area (Å²) in [6, 6.07) is 10.8. The standard InChI is InChI=1S/C14H10Br2ClNO/c1-8-2-5-13(11(16)6-8)18-14(19)9-3-4-12(17)10(15)7-9/h2-7H,1H3,(H,18,19). The van der Waals surface area contributed by atoms with E-state index in [0.29, 0.717) is 15.1 Å². The molecule has 2 rings (SSSR count). The number of benzene rings is 2. The fourth-order valence-corrected chi connectivity index (χ4v) is 2.64. The van der Waals surface area contributed by atoms with E-state index in [2.05, 4.69) is 37.2 Å². The first-order chi connectivity index (χ1) is 8.97. The van der Waals surface area contributed by atoms with Crippen molar-refractivity contribution in [2.45, 2.75) is 6.92 Å². The molecule has 0 heterocycles. The number of carbonyl (C=O) groups is 1. The van der Waals surface area contributed by atoms with Crippen LogP contribution in [0.2, 0.25) is 5.02 Å². The number of hydrogen-bond acceptors (Lipinski definition) is 1. The summed E-state index contributed by atoms with van der Waals surface area (Å²) in [7, 11) is 0. The summed E-state index contributed by atoms with van der Waals surface area (Å²) in [5.41, 5.74) is 2.41. The Morgan fingerprint density at radius 1 is 1.11 bits per heavy atom. The van der Waals surface area contributed by atoms with Gasteiger partial charge in [0, 0.05) is 14.5 Å². The van der Waals surface area contributed by atoms with Crippen molar-refractivity contribution in [3.63, 3.8) is 0 Å². The summed E-state index contributed by atoms with van der Waals surface area (Å²) in [5.74, 6) is -0.179. The second kappa shape index (κ2) is 6.07. The largest absolute Gasteiger partial charge is 0.321 e. The summed E-state index contributed by atoms with van der Waals surface area (Å²) in [6.45, 7) is 1.99. The molecule has 1 N–H and O–H groups in total. The normalized spacial score (nSPS) is 10.3. The summed E-state index contributed by atoms with van der Waals surface area (Å²) in [6.07, 6.45) is 0. The zero-order valence-electron chi connectivity index (χ0n) is 10.0. The first-order valence-electron chi connectivity index (χ1n) is 5.50. The lowest BCUT2D eigenvalue weighted by Crippen LogP contribution is -2.12. The Labute approximate surface area is 133 Å². The van der Waals surface area contributed by atoms with Crippen molar-refractivity contribution in [2.75, 3.05) is 5.32 Å². The highest BCUT2D eigenvalue weighted by Crippen LogP contribution is 2.26. The summed E-state index contributed by atoms with van der Waals surface area (Å²) in [4.78, 5) is 12.1. The fraction of sp³-hybridized carbons (Fsp3) is 0.0714. The van der Waals surface area contributed by atoms with E-state index in [1.54, 1.807) is 18.2 Å². The molecule has 0 fully saturated rings. The predicted molar refractivity (Wildman–Crippen MR) is 86.0 cm³/mol. The Hall–Kier alpha value is -0.840. The van der Waals surface area contributed by atoms with Crippen LogP contribution in [0.15, 0.2) is 45.3 Å². The molecule has 0 saturated heterocycles. The molecule has 0 aromatic heterocycles. The van der Waals surface area contributed by atoms with Gasteiger partial charge in [0.25, 0.3) is 5.91 Å². The number of amides is 1. The molecule has 2 nitrogen and oxygen atoms in total. The van der Waals surface area contributed by atoms with Crippen molar-refractivity contribution >= 4 is 55.1 Å². The van der Waals surface area contributed by atoms with Gasteiger partial charge < -0.3 is 5.32 Å². The average Bonchev–Trinajstić information content (AvgIpc) is 2.36. The van der Waals surface area contributed by atoms with Crippen LogP contribution in [-0.4, -0.2) is 5.91 Å². The van der Waals surface area contributed by atoms with Gasteiger partial charge in [0.1, 0.15) is 0 Å². The van der Waals surface area contributed by atoms with E-state index in [-0.39, 0.29) is 5.91 Å². The van der Waals surface area contributed by atoms with Gasteiger partial charge in [-0.05, 0) is 74.7 Å². The van der Waals surface area contributed by atoms with Crippen LogP contribution in [0.4, 0.5) is 5.69 Å². The molecule has 0 aliphatic carbocycles. The van der Waals surface area contributed by atoms with E-state index < -0.39 is 0 Å². The number of anilines is 1. The van der Waals surface area contributed by atoms with Crippen LogP contribution in [0, 0.1) is 6.92 Å². The van der Waals surface area contributed by atoms with E-state index in [4.69, 9.17) is 11.6 Å². The summed E-state index contributed by atoms with van der Waals surface area (Å²) >= 11 is 12.6. The molecule has 0 saturated carbocycles. The highest BCUT2D eigenvalue weighted by Gasteiger charge is 2.10. The molecule has 2 aromatic rings. The van der Waals surface area contributed by atoms with Crippen molar-refractivity contribution < 1.29 is 4.79 Å². The Bertz CT molecular complexity index is 643. The van der Waals surface area contributed by atoms with Crippen molar-refractivity contribution in [1.29, 1.82) is 0 Å². The Balaban J connectivity index is 2.23. The maximum absolute atomic E-state index is 12.1. The van der Waals surface area contributed by atoms with Crippen molar-refractivity contribution in [1.82, 2.24) is 0 Å². The third-order valence-corrected chi connectivity index (χ3v) is 4.42. The van der Waals surface area contributed by atoms with Gasteiger partial charge in [0.2, 0.25) is 0 Å². The van der Waals surface area contributed by atoms with Gasteiger partial charge in [0.15, 0.2) is 0 Å². The minimum Gasteiger partial charge on any atom is -0.321 e. The number of nitrogens with one attached hydrogen (secondary N) is 1. The van der Waals surface area contributed by atoms with Crippen molar-refractivity contribution in [3.8, 4) is 0 Å². The summed E-state index contributed by atoms with van der Waals surface area (Å²) in [5, 5.41) is 3.43. The first-order valence-corrected chi connectivity index (χ1v) is 7.46. The van der Waals surface area contributed by atoms with Crippen LogP contribution in [0.1, 0.15) is 15.9 Å². The molecule has 0 unspecified atom stereocenters. The molecular weight excluding hydrogens is 393 g/mol. The van der Waals surface area contributed by atoms with E-state index in [1.807, 2.05) is 25.1 Å². The molecule has 0 atom stereocenters. The number of carbonyl (C=O) groups excluding carboxylic acids is 1. The smallest absolute Gasteiger partial charge is 0.255 e. The third-order valence-electron chi connectivity index (χ3n) is 2.55. The van der Waals surface area contributed by atoms with Crippen LogP contribution in [-0.2, 0) is 0 Å². The van der Waals surface area contributed by atoms with Crippen LogP contribution >= 0.6 is 43.5 Å². The van der Waals surface area contributed by atoms with E-state index in [9.17, 15) is 4.79 Å². The van der Waals surface area contributed by atoms with Gasteiger partial charge in [-0.3, -0.25) is 4.79 Å². The van der Waals surface area contributed by atoms with Gasteiger partial charge in [0.05, 0.1) is 10.7 Å². The molecular formula is C14H10Br2ClNO. The van der Waals surface area contributed by atoms with Crippen LogP contribution < -0.4 is 5.32 Å². The Morgan fingerprint density at radius 2 is 1.84 bits per heavy atom. The highest BCUT2D eigenvalue weighted by molar-refractivity contribution is 9.11. The van der Waals surface area contributed by atoms with Crippen molar-refractivity contribution in [3.05, 3.63) is 61.5 Å². The number of aryl methyl sites for hydroxylation is 1. The van der Waals surface area contributed by atoms with Gasteiger partial charge in [-0.1, -0.05) is 17.7 Å². The number of hydrogen-bond donors (Lipinski definition) is 1. The molecule has 19 heavy (non-hydrogen) atoms. The topological polar surface area (TPSA) is 29.1 Å². The van der Waals surface area contributed by atoms with Crippen LogP contribution in [0.25, 0.3) is 0 Å². The predicted octanol–water partition coefficient (Wildman–Crippen LogP) is 5.43. The lowest BCUT2D eigenvalue weighted by atomic mass is 10.2. The van der Waals surface area contributed by atoms with Gasteiger partial charge in [-0.2, -0.15) is 0 Å². The average molecular weight is 404 g/mol. The molecule has 0 spiro atoms. The third kappa shape index (κ3) is 3.59. The second-order valence-electron chi connectivity index (χ2n) is 4.07. The van der Waals surface area contributed by atoms with Crippen LogP contribution in [0.3, 0.4) is 0 Å². The second-order valence-corrected chi connectivity index (χ2v) is 6.18. The van der Waals surface area contributed by atoms with Gasteiger partial charge >= 0.3 is 0 Å². The highest BCUT2D eigenvalue weighted by atomic mass is 79.9. The van der Waals surface area contributed by atoms with Crippen molar-refractivity contribution in [2.24, 2.45) is 0 Å². The zero-order chi connectivity index (χ0) is 14.0. The molecule has 0 aliphatic heterocycles. The minimum atomic E-state index is -0.179. The molecule has 2 aromatic carbocycles. The number of rotatable bonds is 2. The van der Waals surface area contributed by atoms with Gasteiger partial charge in [-0.15, -0.1) is 0 Å². The zero-order valence-corrected chi connectivity index (χ0v) is 13.9. The van der Waals surface area contributed by atoms with E-state index in [1.165, 1.54) is 0 Å². The monoisotopic (exact) mass is 401 g/mol. The van der Waals surface area contributed by atoms with E-state index >= 15 is 0 Å². The fourth-order valence-electron chi connectivity index (χ4n) is 1.55. The lowest BCUT2D eigenvalue weighted by molar-refractivity contribution is 0.102. The lowest BCUT2D eigenvalue weighted by Gasteiger charge is -2.08. The van der Waals surface area contributed by atoms with E-state index in [0.717, 1.165) is 15.7 Å². The Kier molecular flexibility index (Phi) is 4.66. The molecule has 0 bridgehead atoms. The van der Waals surface area contributed by atoms with Crippen LogP contribution in [0.5, 0.6) is 0 Å². The number of halogens is 3. The maximum Gasteiger partial charge on any atom is 0.255 e. The summed E-state index contributed by atoms with van der Waals surface area (Å²) < 4.78 is 1.55. The van der Waals surface area contributed by atoms with Gasteiger partial charge in [-0.25, -0.2) is 0 Å². The maximum atomic E-state index is 12.1. The first kappa shape index (κ1) is 14.6. The minimum absolute atomic E-state index is 0.179. The Morgan fingerprint density at radius 3 is 2.47 bits per heavy atom.